The first-order chi connectivity index (χ1) is 15.4. The van der Waals surface area contributed by atoms with Crippen LogP contribution in [0.4, 0.5) is 5.69 Å². The van der Waals surface area contributed by atoms with Crippen LogP contribution in [0.25, 0.3) is 6.08 Å². The average molecular weight is 528 g/mol. The highest BCUT2D eigenvalue weighted by atomic mass is 79.9. The molecule has 7 heteroatoms. The van der Waals surface area contributed by atoms with Crippen LogP contribution in [-0.2, 0) is 11.4 Å². The van der Waals surface area contributed by atoms with Crippen LogP contribution in [0.3, 0.4) is 0 Å². The number of ether oxygens (including phenoxy) is 1. The number of rotatable bonds is 5. The Bertz CT molecular complexity index is 1200. The second-order valence-electron chi connectivity index (χ2n) is 7.36. The van der Waals surface area contributed by atoms with Gasteiger partial charge in [0.15, 0.2) is 5.17 Å². The van der Waals surface area contributed by atoms with Gasteiger partial charge in [0, 0.05) is 9.50 Å². The fourth-order valence-electron chi connectivity index (χ4n) is 3.14. The molecule has 1 aliphatic rings. The van der Waals surface area contributed by atoms with Gasteiger partial charge < -0.3 is 10.1 Å². The Morgan fingerprint density at radius 1 is 1.06 bits per heavy atom. The fraction of sp³-hybridized carbons (Fsp3) is 0.120. The number of benzene rings is 3. The van der Waals surface area contributed by atoms with Crippen molar-refractivity contribution in [2.24, 2.45) is 4.99 Å². The quantitative estimate of drug-likeness (QED) is 0.357. The normalized spacial score (nSPS) is 15.9. The van der Waals surface area contributed by atoms with Crippen molar-refractivity contribution in [2.45, 2.75) is 20.5 Å². The molecule has 4 nitrogen and oxygen atoms in total. The molecule has 32 heavy (non-hydrogen) atoms. The molecule has 0 atom stereocenters. The summed E-state index contributed by atoms with van der Waals surface area (Å²) in [5.41, 5.74) is 4.98. The van der Waals surface area contributed by atoms with Gasteiger partial charge in [-0.3, -0.25) is 4.79 Å². The highest BCUT2D eigenvalue weighted by molar-refractivity contribution is 9.10. The van der Waals surface area contributed by atoms with Crippen molar-refractivity contribution in [1.82, 2.24) is 5.32 Å². The van der Waals surface area contributed by atoms with Crippen LogP contribution in [-0.4, -0.2) is 11.1 Å². The lowest BCUT2D eigenvalue weighted by atomic mass is 10.1. The molecule has 0 radical (unpaired) electrons. The second-order valence-corrected chi connectivity index (χ2v) is 9.62. The Balaban J connectivity index is 1.42. The molecule has 1 heterocycles. The molecule has 0 aliphatic carbocycles. The molecular formula is C25H20BrClN2O2S. The number of thioether (sulfide) groups is 1. The maximum Gasteiger partial charge on any atom is 0.264 e. The summed E-state index contributed by atoms with van der Waals surface area (Å²) in [6, 6.07) is 19.2. The topological polar surface area (TPSA) is 50.7 Å². The molecule has 1 amide bonds. The van der Waals surface area contributed by atoms with E-state index in [1.807, 2.05) is 80.6 Å². The third-order valence-electron chi connectivity index (χ3n) is 4.80. The summed E-state index contributed by atoms with van der Waals surface area (Å²) in [7, 11) is 0. The van der Waals surface area contributed by atoms with E-state index < -0.39 is 0 Å². The van der Waals surface area contributed by atoms with E-state index in [4.69, 9.17) is 16.3 Å². The predicted molar refractivity (Wildman–Crippen MR) is 137 cm³/mol. The number of amidine groups is 1. The Hall–Kier alpha value is -2.54. The van der Waals surface area contributed by atoms with Gasteiger partial charge in [0.1, 0.15) is 12.4 Å². The number of hydrogen-bond donors (Lipinski definition) is 1. The minimum Gasteiger partial charge on any atom is -0.489 e. The van der Waals surface area contributed by atoms with Gasteiger partial charge in [-0.05, 0) is 90.3 Å². The Labute approximate surface area is 204 Å². The van der Waals surface area contributed by atoms with Crippen LogP contribution in [0, 0.1) is 13.8 Å². The van der Waals surface area contributed by atoms with Gasteiger partial charge in [-0.15, -0.1) is 0 Å². The van der Waals surface area contributed by atoms with Crippen molar-refractivity contribution in [1.29, 1.82) is 0 Å². The largest absolute Gasteiger partial charge is 0.489 e. The first-order valence-corrected chi connectivity index (χ1v) is 11.9. The van der Waals surface area contributed by atoms with Gasteiger partial charge in [0.05, 0.1) is 10.6 Å². The highest BCUT2D eigenvalue weighted by Gasteiger charge is 2.23. The summed E-state index contributed by atoms with van der Waals surface area (Å²) in [6.07, 6.45) is 1.85. The molecule has 0 bridgehead atoms. The average Bonchev–Trinajstić information content (AvgIpc) is 3.11. The molecule has 1 aliphatic heterocycles. The molecule has 1 N–H and O–H groups in total. The van der Waals surface area contributed by atoms with E-state index in [1.54, 1.807) is 0 Å². The minimum atomic E-state index is -0.151. The number of carbonyl (C=O) groups is 1. The second kappa shape index (κ2) is 9.94. The van der Waals surface area contributed by atoms with E-state index in [2.05, 4.69) is 26.2 Å². The predicted octanol–water partition coefficient (Wildman–Crippen LogP) is 7.19. The molecule has 4 rings (SSSR count). The summed E-state index contributed by atoms with van der Waals surface area (Å²) in [5, 5.41) is 4.12. The summed E-state index contributed by atoms with van der Waals surface area (Å²) < 4.78 is 6.89. The third kappa shape index (κ3) is 5.63. The molecule has 0 spiro atoms. The van der Waals surface area contributed by atoms with Crippen LogP contribution in [0.1, 0.15) is 22.3 Å². The number of aryl methyl sites for hydroxylation is 2. The van der Waals surface area contributed by atoms with Crippen LogP contribution in [0.15, 0.2) is 75.0 Å². The van der Waals surface area contributed by atoms with Crippen LogP contribution < -0.4 is 10.1 Å². The molecule has 0 saturated carbocycles. The Kier molecular flexibility index (Phi) is 7.04. The van der Waals surface area contributed by atoms with Crippen LogP contribution in [0.2, 0.25) is 5.02 Å². The molecule has 3 aromatic carbocycles. The Morgan fingerprint density at radius 3 is 2.38 bits per heavy atom. The van der Waals surface area contributed by atoms with Gasteiger partial charge in [-0.25, -0.2) is 4.99 Å². The smallest absolute Gasteiger partial charge is 0.264 e. The molecule has 0 aromatic heterocycles. The van der Waals surface area contributed by atoms with E-state index in [1.165, 1.54) is 11.8 Å². The standard InChI is InChI=1S/C25H20BrClN2O2S/c1-15-11-20(12-16(2)23(15)26)28-25-29-24(30)22(32-25)13-17-5-9-21(10-6-17)31-14-18-3-7-19(27)8-4-18/h3-13H,14H2,1-2H3,(H,28,29,30)/b22-13-. The number of nitrogens with zero attached hydrogens (tertiary/aromatic N) is 1. The van der Waals surface area contributed by atoms with E-state index in [-0.39, 0.29) is 5.91 Å². The lowest BCUT2D eigenvalue weighted by Gasteiger charge is -2.06. The van der Waals surface area contributed by atoms with Crippen molar-refractivity contribution >= 4 is 62.1 Å². The SMILES string of the molecule is Cc1cc(N=C2NC(=O)/C(=C/c3ccc(OCc4ccc(Cl)cc4)cc3)S2)cc(C)c1Br. The van der Waals surface area contributed by atoms with Crippen LogP contribution >= 0.6 is 39.3 Å². The molecule has 1 fully saturated rings. The summed E-state index contributed by atoms with van der Waals surface area (Å²) >= 11 is 10.8. The first kappa shape index (κ1) is 22.6. The number of nitrogens with one attached hydrogen (secondary N) is 1. The number of hydrogen-bond acceptors (Lipinski definition) is 4. The van der Waals surface area contributed by atoms with E-state index >= 15 is 0 Å². The maximum atomic E-state index is 12.4. The van der Waals surface area contributed by atoms with Crippen molar-refractivity contribution in [3.05, 3.63) is 97.3 Å². The van der Waals surface area contributed by atoms with Crippen molar-refractivity contribution < 1.29 is 9.53 Å². The van der Waals surface area contributed by atoms with E-state index in [9.17, 15) is 4.79 Å². The maximum absolute atomic E-state index is 12.4. The summed E-state index contributed by atoms with van der Waals surface area (Å²) in [6.45, 7) is 4.51. The number of carbonyl (C=O) groups excluding carboxylic acids is 1. The van der Waals surface area contributed by atoms with Crippen molar-refractivity contribution in [3.8, 4) is 5.75 Å². The summed E-state index contributed by atoms with van der Waals surface area (Å²) in [5.74, 6) is 0.608. The van der Waals surface area contributed by atoms with E-state index in [0.29, 0.717) is 21.7 Å². The number of amides is 1. The van der Waals surface area contributed by atoms with Crippen molar-refractivity contribution in [3.63, 3.8) is 0 Å². The van der Waals surface area contributed by atoms with Gasteiger partial charge >= 0.3 is 0 Å². The van der Waals surface area contributed by atoms with Crippen LogP contribution in [0.5, 0.6) is 5.75 Å². The zero-order chi connectivity index (χ0) is 22.7. The lowest BCUT2D eigenvalue weighted by Crippen LogP contribution is -2.19. The number of aliphatic imine (C=N–C) groups is 1. The number of halogens is 2. The Morgan fingerprint density at radius 2 is 1.72 bits per heavy atom. The first-order valence-electron chi connectivity index (χ1n) is 9.91. The fourth-order valence-corrected chi connectivity index (χ4v) is 4.34. The molecule has 162 valence electrons. The molecule has 3 aromatic rings. The molecule has 1 saturated heterocycles. The van der Waals surface area contributed by atoms with Gasteiger partial charge in [-0.1, -0.05) is 51.8 Å². The third-order valence-corrected chi connectivity index (χ3v) is 7.21. The zero-order valence-corrected chi connectivity index (χ0v) is 20.6. The van der Waals surface area contributed by atoms with E-state index in [0.717, 1.165) is 38.2 Å². The lowest BCUT2D eigenvalue weighted by molar-refractivity contribution is -0.115. The van der Waals surface area contributed by atoms with Gasteiger partial charge in [-0.2, -0.15) is 0 Å². The van der Waals surface area contributed by atoms with Gasteiger partial charge in [0.25, 0.3) is 5.91 Å². The summed E-state index contributed by atoms with van der Waals surface area (Å²) in [4.78, 5) is 17.6. The zero-order valence-electron chi connectivity index (χ0n) is 17.5. The highest BCUT2D eigenvalue weighted by Crippen LogP contribution is 2.31. The van der Waals surface area contributed by atoms with Crippen molar-refractivity contribution in [2.75, 3.05) is 0 Å². The monoisotopic (exact) mass is 526 g/mol. The van der Waals surface area contributed by atoms with Gasteiger partial charge in [0.2, 0.25) is 0 Å². The molecular weight excluding hydrogens is 508 g/mol. The minimum absolute atomic E-state index is 0.151. The molecule has 0 unspecified atom stereocenters.